The Morgan fingerprint density at radius 1 is 0.824 bits per heavy atom. The predicted molar refractivity (Wildman–Crippen MR) is 128 cm³/mol. The van der Waals surface area contributed by atoms with Crippen molar-refractivity contribution < 1.29 is 33.0 Å². The molecule has 0 unspecified atom stereocenters. The molecule has 8 nitrogen and oxygen atoms in total. The molecule has 4 aromatic rings. The quantitative estimate of drug-likeness (QED) is 0.359. The van der Waals surface area contributed by atoms with Crippen LogP contribution >= 0.6 is 0 Å². The van der Waals surface area contributed by atoms with Gasteiger partial charge in [0.1, 0.15) is 16.9 Å². The molecule has 1 heterocycles. The third kappa shape index (κ3) is 4.91. The molecule has 8 heteroatoms. The molecule has 4 rings (SSSR count). The highest BCUT2D eigenvalue weighted by Gasteiger charge is 2.15. The molecule has 34 heavy (non-hydrogen) atoms. The zero-order valence-corrected chi connectivity index (χ0v) is 19.2. The molecule has 0 atom stereocenters. The van der Waals surface area contributed by atoms with Gasteiger partial charge in [0.15, 0.2) is 18.1 Å². The molecule has 1 aromatic heterocycles. The van der Waals surface area contributed by atoms with Crippen molar-refractivity contribution >= 4 is 39.5 Å². The van der Waals surface area contributed by atoms with Crippen molar-refractivity contribution in [1.29, 1.82) is 0 Å². The van der Waals surface area contributed by atoms with Crippen LogP contribution in [-0.2, 0) is 20.7 Å². The molecule has 0 aliphatic rings. The van der Waals surface area contributed by atoms with Gasteiger partial charge >= 0.3 is 5.97 Å². The summed E-state index contributed by atoms with van der Waals surface area (Å²) in [6.45, 7) is -0.411. The lowest BCUT2D eigenvalue weighted by atomic mass is 10.1. The van der Waals surface area contributed by atoms with Crippen molar-refractivity contribution in [2.75, 3.05) is 33.3 Å². The smallest absolute Gasteiger partial charge is 0.306 e. The van der Waals surface area contributed by atoms with Gasteiger partial charge in [-0.1, -0.05) is 24.3 Å². The summed E-state index contributed by atoms with van der Waals surface area (Å²) in [7, 11) is 4.63. The van der Waals surface area contributed by atoms with Crippen LogP contribution in [0.3, 0.4) is 0 Å². The largest absolute Gasteiger partial charge is 0.495 e. The first-order valence-electron chi connectivity index (χ1n) is 10.7. The van der Waals surface area contributed by atoms with Gasteiger partial charge in [0.05, 0.1) is 27.0 Å². The van der Waals surface area contributed by atoms with Crippen molar-refractivity contribution in [3.8, 4) is 17.2 Å². The lowest BCUT2D eigenvalue weighted by Crippen LogP contribution is -2.21. The molecular formula is C26H25NO7. The summed E-state index contributed by atoms with van der Waals surface area (Å²) >= 11 is 0. The van der Waals surface area contributed by atoms with E-state index in [-0.39, 0.29) is 6.42 Å². The first kappa shape index (κ1) is 23.0. The van der Waals surface area contributed by atoms with Crippen molar-refractivity contribution in [2.24, 2.45) is 0 Å². The van der Waals surface area contributed by atoms with Crippen molar-refractivity contribution in [1.82, 2.24) is 0 Å². The van der Waals surface area contributed by atoms with E-state index in [1.165, 1.54) is 7.11 Å². The Morgan fingerprint density at radius 2 is 1.59 bits per heavy atom. The first-order valence-corrected chi connectivity index (χ1v) is 10.7. The molecule has 0 radical (unpaired) electrons. The number of fused-ring (bicyclic) bond motifs is 3. The maximum Gasteiger partial charge on any atom is 0.306 e. The Kier molecular flexibility index (Phi) is 6.87. The van der Waals surface area contributed by atoms with Gasteiger partial charge in [-0.25, -0.2) is 0 Å². The lowest BCUT2D eigenvalue weighted by molar-refractivity contribution is -0.147. The number of esters is 1. The van der Waals surface area contributed by atoms with Crippen LogP contribution in [0.1, 0.15) is 12.0 Å². The van der Waals surface area contributed by atoms with Crippen molar-refractivity contribution in [3.05, 3.63) is 60.2 Å². The van der Waals surface area contributed by atoms with E-state index in [1.54, 1.807) is 32.4 Å². The fourth-order valence-electron chi connectivity index (χ4n) is 3.71. The summed E-state index contributed by atoms with van der Waals surface area (Å²) in [4.78, 5) is 24.6. The number of furan rings is 1. The van der Waals surface area contributed by atoms with Gasteiger partial charge in [0.25, 0.3) is 5.91 Å². The van der Waals surface area contributed by atoms with Gasteiger partial charge in [-0.2, -0.15) is 0 Å². The third-order valence-electron chi connectivity index (χ3n) is 5.40. The minimum absolute atomic E-state index is 0.122. The van der Waals surface area contributed by atoms with E-state index < -0.39 is 18.5 Å². The maximum atomic E-state index is 12.4. The Morgan fingerprint density at radius 3 is 2.35 bits per heavy atom. The highest BCUT2D eigenvalue weighted by atomic mass is 16.5. The van der Waals surface area contributed by atoms with Gasteiger partial charge in [-0.05, 0) is 36.2 Å². The summed E-state index contributed by atoms with van der Waals surface area (Å²) < 4.78 is 26.9. The number of methoxy groups -OCH3 is 3. The monoisotopic (exact) mass is 463 g/mol. The molecule has 1 amide bonds. The molecule has 0 spiro atoms. The average molecular weight is 463 g/mol. The van der Waals surface area contributed by atoms with E-state index in [1.807, 2.05) is 36.4 Å². The summed E-state index contributed by atoms with van der Waals surface area (Å²) in [6, 6.07) is 16.6. The standard InChI is InChI=1S/C26H25NO7/c1-30-21-10-8-16(12-24(21)32-3)9-11-26(29)33-15-25(28)27-19-14-22-18(13-23(19)31-2)17-6-4-5-7-20(17)34-22/h4-8,10,12-14H,9,11,15H2,1-3H3,(H,27,28). The number of anilines is 1. The summed E-state index contributed by atoms with van der Waals surface area (Å²) in [5.74, 6) is 0.718. The molecule has 1 N–H and O–H groups in total. The Hall–Kier alpha value is -4.20. The fraction of sp³-hybridized carbons (Fsp3) is 0.231. The SMILES string of the molecule is COc1cc2c(cc1NC(=O)COC(=O)CCc1ccc(OC)c(OC)c1)oc1ccccc12. The average Bonchev–Trinajstić information content (AvgIpc) is 3.22. The van der Waals surface area contributed by atoms with Crippen molar-refractivity contribution in [3.63, 3.8) is 0 Å². The van der Waals surface area contributed by atoms with Crippen LogP contribution in [0.5, 0.6) is 17.2 Å². The second-order valence-corrected chi connectivity index (χ2v) is 7.55. The molecule has 176 valence electrons. The van der Waals surface area contributed by atoms with Crippen LogP contribution in [0.15, 0.2) is 59.0 Å². The third-order valence-corrected chi connectivity index (χ3v) is 5.40. The van der Waals surface area contributed by atoms with Gasteiger partial charge in [-0.15, -0.1) is 0 Å². The number of hydrogen-bond donors (Lipinski definition) is 1. The normalized spacial score (nSPS) is 10.8. The number of benzene rings is 3. The van der Waals surface area contributed by atoms with Crippen LogP contribution in [0.2, 0.25) is 0 Å². The second kappa shape index (κ2) is 10.2. The zero-order chi connectivity index (χ0) is 24.1. The highest BCUT2D eigenvalue weighted by molar-refractivity contribution is 6.07. The van der Waals surface area contributed by atoms with Crippen LogP contribution < -0.4 is 19.5 Å². The van der Waals surface area contributed by atoms with Crippen LogP contribution in [-0.4, -0.2) is 39.8 Å². The number of carbonyl (C=O) groups is 2. The predicted octanol–water partition coefficient (Wildman–Crippen LogP) is 4.73. The number of nitrogens with one attached hydrogen (secondary N) is 1. The molecule has 0 bridgehead atoms. The first-order chi connectivity index (χ1) is 16.5. The van der Waals surface area contributed by atoms with E-state index in [4.69, 9.17) is 23.4 Å². The van der Waals surface area contributed by atoms with Crippen molar-refractivity contribution in [2.45, 2.75) is 12.8 Å². The zero-order valence-electron chi connectivity index (χ0n) is 19.2. The van der Waals surface area contributed by atoms with E-state index in [0.717, 1.165) is 21.9 Å². The number of hydrogen-bond acceptors (Lipinski definition) is 7. The summed E-state index contributed by atoms with van der Waals surface area (Å²) in [5, 5.41) is 4.56. The number of rotatable bonds is 9. The minimum atomic E-state index is -0.482. The summed E-state index contributed by atoms with van der Waals surface area (Å²) in [6.07, 6.45) is 0.564. The Balaban J connectivity index is 1.35. The number of ether oxygens (including phenoxy) is 4. The van der Waals surface area contributed by atoms with E-state index in [0.29, 0.717) is 34.9 Å². The van der Waals surface area contributed by atoms with Crippen LogP contribution in [0.25, 0.3) is 21.9 Å². The van der Waals surface area contributed by atoms with Crippen LogP contribution in [0.4, 0.5) is 5.69 Å². The number of para-hydroxylation sites is 1. The van der Waals surface area contributed by atoms with Gasteiger partial charge in [0.2, 0.25) is 0 Å². The van der Waals surface area contributed by atoms with E-state index in [2.05, 4.69) is 5.32 Å². The Labute approximate surface area is 196 Å². The molecular weight excluding hydrogens is 438 g/mol. The fourth-order valence-corrected chi connectivity index (χ4v) is 3.71. The Bertz CT molecular complexity index is 1340. The molecule has 0 aliphatic heterocycles. The number of aryl methyl sites for hydroxylation is 1. The molecule has 0 saturated heterocycles. The lowest BCUT2D eigenvalue weighted by Gasteiger charge is -2.11. The second-order valence-electron chi connectivity index (χ2n) is 7.55. The molecule has 0 fully saturated rings. The molecule has 3 aromatic carbocycles. The van der Waals surface area contributed by atoms with E-state index >= 15 is 0 Å². The van der Waals surface area contributed by atoms with Gasteiger partial charge in [-0.3, -0.25) is 9.59 Å². The highest BCUT2D eigenvalue weighted by Crippen LogP contribution is 2.36. The van der Waals surface area contributed by atoms with Crippen LogP contribution in [0, 0.1) is 0 Å². The van der Waals surface area contributed by atoms with E-state index in [9.17, 15) is 9.59 Å². The number of carbonyl (C=O) groups excluding carboxylic acids is 2. The van der Waals surface area contributed by atoms with Gasteiger partial charge in [0, 0.05) is 23.3 Å². The minimum Gasteiger partial charge on any atom is -0.495 e. The molecule has 0 saturated carbocycles. The van der Waals surface area contributed by atoms with Gasteiger partial charge < -0.3 is 28.7 Å². The number of amides is 1. The molecule has 0 aliphatic carbocycles. The topological polar surface area (TPSA) is 96.2 Å². The summed E-state index contributed by atoms with van der Waals surface area (Å²) in [5.41, 5.74) is 2.68. The maximum absolute atomic E-state index is 12.4.